The summed E-state index contributed by atoms with van der Waals surface area (Å²) >= 11 is 0. The number of rotatable bonds is 9. The van der Waals surface area contributed by atoms with Crippen molar-refractivity contribution in [2.75, 3.05) is 50.1 Å². The molecule has 2 N–H and O–H groups in total. The van der Waals surface area contributed by atoms with E-state index < -0.39 is 0 Å². The van der Waals surface area contributed by atoms with Crippen molar-refractivity contribution in [3.8, 4) is 11.1 Å². The summed E-state index contributed by atoms with van der Waals surface area (Å²) in [5.41, 5.74) is 3.81. The maximum Gasteiger partial charge on any atom is 0.251 e. The second-order valence-electron chi connectivity index (χ2n) is 13.8. The smallest absolute Gasteiger partial charge is 0.251 e. The third kappa shape index (κ3) is 7.35. The number of hydrogen-bond acceptors (Lipinski definition) is 6. The van der Waals surface area contributed by atoms with E-state index in [1.165, 1.54) is 0 Å². The predicted octanol–water partition coefficient (Wildman–Crippen LogP) is 5.02. The highest BCUT2D eigenvalue weighted by atomic mass is 16.2. The third-order valence-electron chi connectivity index (χ3n) is 10.4. The highest BCUT2D eigenvalue weighted by molar-refractivity contribution is 6.02. The first-order chi connectivity index (χ1) is 21.6. The fraction of sp³-hybridized carbons (Fsp3) is 0.611. The number of amides is 3. The molecular weight excluding hydrogens is 564 g/mol. The van der Waals surface area contributed by atoms with Gasteiger partial charge in [0, 0.05) is 67.2 Å². The van der Waals surface area contributed by atoms with Crippen molar-refractivity contribution in [3.05, 3.63) is 41.6 Å². The maximum absolute atomic E-state index is 13.8. The van der Waals surface area contributed by atoms with Crippen LogP contribution in [0.3, 0.4) is 0 Å². The van der Waals surface area contributed by atoms with Gasteiger partial charge in [0.05, 0.1) is 5.92 Å². The number of nitrogens with zero attached hydrogens (tertiary/aromatic N) is 4. The average Bonchev–Trinajstić information content (AvgIpc) is 3.57. The van der Waals surface area contributed by atoms with Crippen LogP contribution in [-0.4, -0.2) is 80.0 Å². The Morgan fingerprint density at radius 2 is 1.76 bits per heavy atom. The number of hydrogen-bond donors (Lipinski definition) is 2. The molecule has 244 valence electrons. The Morgan fingerprint density at radius 1 is 1.04 bits per heavy atom. The van der Waals surface area contributed by atoms with E-state index in [-0.39, 0.29) is 48.1 Å². The zero-order chi connectivity index (χ0) is 32.2. The zero-order valence-corrected chi connectivity index (χ0v) is 28.1. The molecule has 3 aliphatic rings. The fourth-order valence-corrected chi connectivity index (χ4v) is 7.56. The van der Waals surface area contributed by atoms with Gasteiger partial charge in [0.1, 0.15) is 5.82 Å². The molecule has 3 atom stereocenters. The Kier molecular flexibility index (Phi) is 10.5. The maximum atomic E-state index is 13.8. The molecule has 3 amide bonds. The second kappa shape index (κ2) is 14.3. The fourth-order valence-electron chi connectivity index (χ4n) is 7.56. The monoisotopic (exact) mass is 616 g/mol. The summed E-state index contributed by atoms with van der Waals surface area (Å²) < 4.78 is 0. The van der Waals surface area contributed by atoms with E-state index in [0.29, 0.717) is 18.2 Å². The highest BCUT2D eigenvalue weighted by Crippen LogP contribution is 2.35. The Bertz CT molecular complexity index is 1360. The van der Waals surface area contributed by atoms with Crippen molar-refractivity contribution < 1.29 is 14.4 Å². The van der Waals surface area contributed by atoms with E-state index in [1.54, 1.807) is 0 Å². The SMILES string of the molecule is CCN(C(=O)C1CCCC1)c1cc(-c2ccc(N3CCC(N(C)C)CC3)nc2)cc(C(=O)NCC2C(=O)NC(C)CC2C)c1C. The molecule has 9 heteroatoms. The van der Waals surface area contributed by atoms with E-state index in [4.69, 9.17) is 4.98 Å². The lowest BCUT2D eigenvalue weighted by Gasteiger charge is -2.35. The van der Waals surface area contributed by atoms with E-state index >= 15 is 0 Å². The molecule has 0 spiro atoms. The Labute approximate surface area is 269 Å². The molecule has 2 aliphatic heterocycles. The molecule has 1 saturated carbocycles. The van der Waals surface area contributed by atoms with Crippen molar-refractivity contribution in [3.63, 3.8) is 0 Å². The van der Waals surface area contributed by atoms with Crippen LogP contribution in [0.4, 0.5) is 11.5 Å². The molecule has 3 unspecified atom stereocenters. The van der Waals surface area contributed by atoms with Gasteiger partial charge in [0.25, 0.3) is 5.91 Å². The van der Waals surface area contributed by atoms with Gasteiger partial charge in [-0.3, -0.25) is 14.4 Å². The van der Waals surface area contributed by atoms with Crippen LogP contribution in [0.15, 0.2) is 30.5 Å². The van der Waals surface area contributed by atoms with E-state index in [1.807, 2.05) is 44.0 Å². The number of aromatic nitrogens is 1. The molecule has 3 fully saturated rings. The van der Waals surface area contributed by atoms with Crippen LogP contribution in [0, 0.1) is 24.7 Å². The van der Waals surface area contributed by atoms with Crippen LogP contribution in [0.1, 0.15) is 81.6 Å². The number of anilines is 2. The lowest BCUT2D eigenvalue weighted by atomic mass is 9.84. The quantitative estimate of drug-likeness (QED) is 0.411. The summed E-state index contributed by atoms with van der Waals surface area (Å²) in [5, 5.41) is 6.09. The minimum absolute atomic E-state index is 0.0101. The van der Waals surface area contributed by atoms with Crippen LogP contribution in [0.2, 0.25) is 0 Å². The Morgan fingerprint density at radius 3 is 2.36 bits per heavy atom. The van der Waals surface area contributed by atoms with Gasteiger partial charge in [-0.25, -0.2) is 4.98 Å². The summed E-state index contributed by atoms with van der Waals surface area (Å²) in [5.74, 6) is 0.784. The van der Waals surface area contributed by atoms with Gasteiger partial charge >= 0.3 is 0 Å². The number of benzene rings is 1. The average molecular weight is 617 g/mol. The highest BCUT2D eigenvalue weighted by Gasteiger charge is 2.33. The standard InChI is InChI=1S/C36H52N6O3/c1-7-42(36(45)26-10-8-9-11-26)32-20-28(27-12-13-33(37-21-27)41-16-14-29(15-17-41)40(5)6)19-30(25(32)4)34(43)38-22-31-23(2)18-24(3)39-35(31)44/h12-13,19-21,23-24,26,29,31H,7-11,14-18,22H2,1-6H3,(H,38,43)(H,39,44). The summed E-state index contributed by atoms with van der Waals surface area (Å²) in [6.07, 6.45) is 8.98. The van der Waals surface area contributed by atoms with Crippen molar-refractivity contribution in [1.82, 2.24) is 20.5 Å². The normalized spacial score (nSPS) is 22.9. The summed E-state index contributed by atoms with van der Waals surface area (Å²) in [4.78, 5) is 51.6. The van der Waals surface area contributed by atoms with Crippen LogP contribution in [0.25, 0.3) is 11.1 Å². The molecular formula is C36H52N6O3. The van der Waals surface area contributed by atoms with Crippen LogP contribution < -0.4 is 20.4 Å². The molecule has 2 aromatic rings. The van der Waals surface area contributed by atoms with Gasteiger partial charge in [-0.05, 0) is 108 Å². The number of nitrogens with one attached hydrogen (secondary N) is 2. The van der Waals surface area contributed by atoms with Crippen molar-refractivity contribution >= 4 is 29.2 Å². The topological polar surface area (TPSA) is 97.9 Å². The lowest BCUT2D eigenvalue weighted by Crippen LogP contribution is -2.50. The molecule has 45 heavy (non-hydrogen) atoms. The van der Waals surface area contributed by atoms with E-state index in [9.17, 15) is 14.4 Å². The largest absolute Gasteiger partial charge is 0.357 e. The molecule has 9 nitrogen and oxygen atoms in total. The molecule has 0 bridgehead atoms. The van der Waals surface area contributed by atoms with E-state index in [0.717, 1.165) is 86.2 Å². The molecule has 1 aliphatic carbocycles. The second-order valence-corrected chi connectivity index (χ2v) is 13.8. The van der Waals surface area contributed by atoms with Gasteiger partial charge in [-0.1, -0.05) is 19.8 Å². The van der Waals surface area contributed by atoms with E-state index in [2.05, 4.69) is 53.6 Å². The molecule has 3 heterocycles. The Balaban J connectivity index is 1.43. The summed E-state index contributed by atoms with van der Waals surface area (Å²) in [6, 6.07) is 8.83. The van der Waals surface area contributed by atoms with Gasteiger partial charge in [-0.2, -0.15) is 0 Å². The number of piperidine rings is 2. The summed E-state index contributed by atoms with van der Waals surface area (Å²) in [7, 11) is 4.29. The first-order valence-corrected chi connectivity index (χ1v) is 17.0. The van der Waals surface area contributed by atoms with Crippen LogP contribution >= 0.6 is 0 Å². The molecule has 0 radical (unpaired) electrons. The van der Waals surface area contributed by atoms with Crippen LogP contribution in [-0.2, 0) is 9.59 Å². The number of carbonyl (C=O) groups is 3. The molecule has 1 aromatic carbocycles. The molecule has 2 saturated heterocycles. The van der Waals surface area contributed by atoms with Crippen molar-refractivity contribution in [1.29, 1.82) is 0 Å². The molecule has 1 aromatic heterocycles. The van der Waals surface area contributed by atoms with Gasteiger partial charge in [0.15, 0.2) is 0 Å². The summed E-state index contributed by atoms with van der Waals surface area (Å²) in [6.45, 7) is 10.8. The van der Waals surface area contributed by atoms with Gasteiger partial charge in [-0.15, -0.1) is 0 Å². The van der Waals surface area contributed by atoms with Crippen molar-refractivity contribution in [2.24, 2.45) is 17.8 Å². The van der Waals surface area contributed by atoms with Gasteiger partial charge < -0.3 is 25.3 Å². The Hall–Kier alpha value is -3.46. The minimum atomic E-state index is -0.274. The third-order valence-corrected chi connectivity index (χ3v) is 10.4. The van der Waals surface area contributed by atoms with Gasteiger partial charge in [0.2, 0.25) is 11.8 Å². The first-order valence-electron chi connectivity index (χ1n) is 17.0. The first kappa shape index (κ1) is 32.9. The number of carbonyl (C=O) groups excluding carboxylic acids is 3. The number of pyridine rings is 1. The van der Waals surface area contributed by atoms with Crippen LogP contribution in [0.5, 0.6) is 0 Å². The zero-order valence-electron chi connectivity index (χ0n) is 28.1. The molecule has 5 rings (SSSR count). The van der Waals surface area contributed by atoms with Crippen molar-refractivity contribution in [2.45, 2.75) is 84.7 Å². The lowest BCUT2D eigenvalue weighted by molar-refractivity contribution is -0.129. The predicted molar refractivity (Wildman–Crippen MR) is 181 cm³/mol. The minimum Gasteiger partial charge on any atom is -0.357 e.